The number of rotatable bonds is 4. The quantitative estimate of drug-likeness (QED) is 0.404. The molecule has 2 rings (SSSR count). The SMILES string of the molecule is CC/C(=N\Nc1c(C)n(C)n(-c2ccccc2)c1=O)[N+](=O)[O-]. The van der Waals surface area contributed by atoms with Crippen LogP contribution in [0, 0.1) is 17.0 Å². The third-order valence-corrected chi connectivity index (χ3v) is 3.38. The summed E-state index contributed by atoms with van der Waals surface area (Å²) in [6.45, 7) is 3.37. The number of nitro groups is 1. The highest BCUT2D eigenvalue weighted by Crippen LogP contribution is 2.13. The second-order valence-electron chi connectivity index (χ2n) is 4.69. The van der Waals surface area contributed by atoms with E-state index in [0.29, 0.717) is 11.4 Å². The summed E-state index contributed by atoms with van der Waals surface area (Å²) in [6.07, 6.45) is 0.165. The smallest absolute Gasteiger partial charge is 0.358 e. The fraction of sp³-hybridized carbons (Fsp3) is 0.286. The van der Waals surface area contributed by atoms with E-state index in [1.807, 2.05) is 30.3 Å². The summed E-state index contributed by atoms with van der Waals surface area (Å²) >= 11 is 0. The zero-order valence-corrected chi connectivity index (χ0v) is 12.6. The molecule has 0 unspecified atom stereocenters. The lowest BCUT2D eigenvalue weighted by Gasteiger charge is -2.07. The molecule has 1 N–H and O–H groups in total. The van der Waals surface area contributed by atoms with E-state index in [1.54, 1.807) is 25.6 Å². The topological polar surface area (TPSA) is 94.5 Å². The highest BCUT2D eigenvalue weighted by atomic mass is 16.6. The van der Waals surface area contributed by atoms with Gasteiger partial charge in [0, 0.05) is 7.05 Å². The molecule has 0 aliphatic carbocycles. The fourth-order valence-electron chi connectivity index (χ4n) is 2.07. The molecule has 8 heteroatoms. The number of hydrazone groups is 1. The van der Waals surface area contributed by atoms with E-state index in [2.05, 4.69) is 10.5 Å². The van der Waals surface area contributed by atoms with E-state index in [4.69, 9.17) is 0 Å². The van der Waals surface area contributed by atoms with Crippen molar-refractivity contribution in [3.05, 3.63) is 56.5 Å². The van der Waals surface area contributed by atoms with Gasteiger partial charge in [0.05, 0.1) is 22.9 Å². The molecular weight excluding hydrogens is 286 g/mol. The third-order valence-electron chi connectivity index (χ3n) is 3.38. The lowest BCUT2D eigenvalue weighted by molar-refractivity contribution is -0.353. The van der Waals surface area contributed by atoms with Gasteiger partial charge in [-0.2, -0.15) is 5.43 Å². The number of para-hydroxylation sites is 1. The van der Waals surface area contributed by atoms with E-state index in [9.17, 15) is 14.9 Å². The van der Waals surface area contributed by atoms with E-state index in [0.717, 1.165) is 0 Å². The van der Waals surface area contributed by atoms with Crippen LogP contribution in [0.3, 0.4) is 0 Å². The van der Waals surface area contributed by atoms with Gasteiger partial charge in [-0.05, 0) is 24.0 Å². The van der Waals surface area contributed by atoms with E-state index < -0.39 is 4.92 Å². The minimum absolute atomic E-state index is 0.165. The molecule has 1 aromatic heterocycles. The Morgan fingerprint density at radius 3 is 2.55 bits per heavy atom. The van der Waals surface area contributed by atoms with Gasteiger partial charge in [-0.25, -0.2) is 4.68 Å². The Morgan fingerprint density at radius 2 is 2.00 bits per heavy atom. The fourth-order valence-corrected chi connectivity index (χ4v) is 2.07. The molecule has 0 radical (unpaired) electrons. The average molecular weight is 303 g/mol. The van der Waals surface area contributed by atoms with Crippen molar-refractivity contribution in [3.8, 4) is 5.69 Å². The summed E-state index contributed by atoms with van der Waals surface area (Å²) < 4.78 is 3.15. The minimum atomic E-state index is -0.568. The van der Waals surface area contributed by atoms with Crippen LogP contribution in [0.2, 0.25) is 0 Å². The minimum Gasteiger partial charge on any atom is -0.358 e. The Balaban J connectivity index is 2.48. The number of aromatic nitrogens is 2. The first kappa shape index (κ1) is 15.5. The molecule has 0 atom stereocenters. The lowest BCUT2D eigenvalue weighted by Crippen LogP contribution is -2.21. The van der Waals surface area contributed by atoms with Crippen molar-refractivity contribution in [3.63, 3.8) is 0 Å². The van der Waals surface area contributed by atoms with Crippen LogP contribution in [0.25, 0.3) is 5.69 Å². The molecule has 0 amide bonds. The predicted octanol–water partition coefficient (Wildman–Crippen LogP) is 1.90. The van der Waals surface area contributed by atoms with Crippen LogP contribution in [0.5, 0.6) is 0 Å². The van der Waals surface area contributed by atoms with Gasteiger partial charge in [0.15, 0.2) is 5.69 Å². The molecule has 0 aliphatic rings. The first-order valence-electron chi connectivity index (χ1n) is 6.78. The van der Waals surface area contributed by atoms with Crippen LogP contribution < -0.4 is 11.0 Å². The van der Waals surface area contributed by atoms with Crippen molar-refractivity contribution >= 4 is 11.5 Å². The Bertz CT molecular complexity index is 774. The summed E-state index contributed by atoms with van der Waals surface area (Å²) in [7, 11) is 1.74. The van der Waals surface area contributed by atoms with Crippen LogP contribution in [0.15, 0.2) is 40.2 Å². The Morgan fingerprint density at radius 1 is 1.36 bits per heavy atom. The number of hydrogen-bond donors (Lipinski definition) is 1. The third kappa shape index (κ3) is 2.76. The normalized spacial score (nSPS) is 11.5. The molecule has 2 aromatic rings. The Hall–Kier alpha value is -2.90. The number of anilines is 1. The molecule has 1 aromatic carbocycles. The summed E-state index contributed by atoms with van der Waals surface area (Å²) in [5, 5.41) is 14.5. The zero-order valence-electron chi connectivity index (χ0n) is 12.6. The van der Waals surface area contributed by atoms with Gasteiger partial charge in [-0.15, -0.1) is 0 Å². The molecule has 1 heterocycles. The molecule has 0 aliphatic heterocycles. The number of nitrogens with one attached hydrogen (secondary N) is 1. The van der Waals surface area contributed by atoms with Gasteiger partial charge in [-0.1, -0.05) is 25.1 Å². The number of benzene rings is 1. The molecule has 0 saturated heterocycles. The van der Waals surface area contributed by atoms with Gasteiger partial charge in [0.1, 0.15) is 0 Å². The molecule has 0 fully saturated rings. The van der Waals surface area contributed by atoms with Crippen molar-refractivity contribution in [2.45, 2.75) is 20.3 Å². The predicted molar refractivity (Wildman–Crippen MR) is 84.1 cm³/mol. The van der Waals surface area contributed by atoms with Gasteiger partial charge in [0.25, 0.3) is 5.56 Å². The second kappa shape index (κ2) is 6.25. The monoisotopic (exact) mass is 303 g/mol. The van der Waals surface area contributed by atoms with Crippen molar-refractivity contribution in [2.75, 3.05) is 5.43 Å². The van der Waals surface area contributed by atoms with Gasteiger partial charge in [-0.3, -0.25) is 9.48 Å². The number of hydrogen-bond acceptors (Lipinski definition) is 5. The Kier molecular flexibility index (Phi) is 4.40. The van der Waals surface area contributed by atoms with Crippen molar-refractivity contribution in [1.29, 1.82) is 0 Å². The van der Waals surface area contributed by atoms with E-state index in [-0.39, 0.29) is 23.5 Å². The molecule has 8 nitrogen and oxygen atoms in total. The second-order valence-corrected chi connectivity index (χ2v) is 4.69. The van der Waals surface area contributed by atoms with Gasteiger partial charge in [0.2, 0.25) is 0 Å². The first-order valence-corrected chi connectivity index (χ1v) is 6.78. The zero-order chi connectivity index (χ0) is 16.3. The molecule has 0 saturated carbocycles. The maximum Gasteiger partial charge on any atom is 0.363 e. The highest BCUT2D eigenvalue weighted by Gasteiger charge is 2.18. The van der Waals surface area contributed by atoms with Crippen LogP contribution in [-0.4, -0.2) is 20.1 Å². The summed E-state index contributed by atoms with van der Waals surface area (Å²) in [4.78, 5) is 22.7. The van der Waals surface area contributed by atoms with Crippen molar-refractivity contribution in [2.24, 2.45) is 12.1 Å². The van der Waals surface area contributed by atoms with Crippen LogP contribution in [0.4, 0.5) is 5.69 Å². The molecule has 0 bridgehead atoms. The largest absolute Gasteiger partial charge is 0.363 e. The van der Waals surface area contributed by atoms with Crippen LogP contribution in [0.1, 0.15) is 19.0 Å². The Labute approximate surface area is 126 Å². The van der Waals surface area contributed by atoms with Crippen LogP contribution in [-0.2, 0) is 7.05 Å². The van der Waals surface area contributed by atoms with Crippen molar-refractivity contribution < 1.29 is 4.92 Å². The van der Waals surface area contributed by atoms with Crippen LogP contribution >= 0.6 is 0 Å². The van der Waals surface area contributed by atoms with Crippen molar-refractivity contribution in [1.82, 2.24) is 9.36 Å². The maximum atomic E-state index is 12.5. The lowest BCUT2D eigenvalue weighted by atomic mass is 10.3. The molecular formula is C14H17N5O3. The summed E-state index contributed by atoms with van der Waals surface area (Å²) in [6, 6.07) is 9.14. The molecule has 22 heavy (non-hydrogen) atoms. The average Bonchev–Trinajstić information content (AvgIpc) is 2.71. The standard InChI is InChI=1S/C14H17N5O3/c1-4-12(19(21)22)15-16-13-10(2)17(3)18(14(13)20)11-8-6-5-7-9-11/h5-9,16H,4H2,1-3H3/b15-12+. The summed E-state index contributed by atoms with van der Waals surface area (Å²) in [5.74, 6) is -0.228. The number of amidine groups is 1. The molecule has 116 valence electrons. The maximum absolute atomic E-state index is 12.5. The first-order chi connectivity index (χ1) is 10.5. The van der Waals surface area contributed by atoms with E-state index in [1.165, 1.54) is 4.68 Å². The highest BCUT2D eigenvalue weighted by molar-refractivity contribution is 5.74. The van der Waals surface area contributed by atoms with Gasteiger partial charge < -0.3 is 10.1 Å². The summed E-state index contributed by atoms with van der Waals surface area (Å²) in [5.41, 5.74) is 3.79. The van der Waals surface area contributed by atoms with E-state index >= 15 is 0 Å². The van der Waals surface area contributed by atoms with Gasteiger partial charge >= 0.3 is 5.84 Å². The molecule has 0 spiro atoms. The number of nitrogens with zero attached hydrogens (tertiary/aromatic N) is 4.